The van der Waals surface area contributed by atoms with Crippen molar-refractivity contribution in [3.05, 3.63) is 28.2 Å². The minimum absolute atomic E-state index is 0.00205. The first kappa shape index (κ1) is 14.5. The van der Waals surface area contributed by atoms with Crippen LogP contribution in [0, 0.1) is 0 Å². The molecular weight excluding hydrogens is 286 g/mol. The van der Waals surface area contributed by atoms with Gasteiger partial charge in [-0.1, -0.05) is 19.8 Å². The van der Waals surface area contributed by atoms with Gasteiger partial charge in [0, 0.05) is 34.9 Å². The van der Waals surface area contributed by atoms with Gasteiger partial charge in [0.25, 0.3) is 5.56 Å². The molecule has 0 aromatic carbocycles. The highest BCUT2D eigenvalue weighted by Crippen LogP contribution is 2.31. The average Bonchev–Trinajstić information content (AvgIpc) is 2.99. The molecule has 0 bridgehead atoms. The monoisotopic (exact) mass is 305 g/mol. The molecule has 0 N–H and O–H groups in total. The maximum atomic E-state index is 12.5. The van der Waals surface area contributed by atoms with Crippen molar-refractivity contribution >= 4 is 22.2 Å². The van der Waals surface area contributed by atoms with E-state index in [4.69, 9.17) is 0 Å². The second-order valence-electron chi connectivity index (χ2n) is 5.51. The van der Waals surface area contributed by atoms with Crippen LogP contribution in [0.25, 0.3) is 11.0 Å². The molecule has 2 heterocycles. The molecule has 1 atom stereocenters. The largest absolute Gasteiger partial charge is 0.609 e. The van der Waals surface area contributed by atoms with Gasteiger partial charge in [0.2, 0.25) is 0 Å². The summed E-state index contributed by atoms with van der Waals surface area (Å²) in [5.41, 5.74) is 1.60. The molecule has 1 saturated carbocycles. The van der Waals surface area contributed by atoms with Gasteiger partial charge in [-0.15, -0.1) is 0 Å². The van der Waals surface area contributed by atoms with Crippen molar-refractivity contribution in [3.63, 3.8) is 0 Å². The molecule has 1 fully saturated rings. The van der Waals surface area contributed by atoms with E-state index in [1.807, 2.05) is 6.92 Å². The lowest BCUT2D eigenvalue weighted by molar-refractivity contribution is 0.513. The lowest BCUT2D eigenvalue weighted by Gasteiger charge is -2.17. The Morgan fingerprint density at radius 3 is 2.76 bits per heavy atom. The molecule has 3 rings (SSSR count). The molecular formula is C15H19N3O2S. The lowest BCUT2D eigenvalue weighted by Crippen LogP contribution is -2.25. The van der Waals surface area contributed by atoms with Crippen LogP contribution >= 0.6 is 0 Å². The van der Waals surface area contributed by atoms with E-state index in [0.29, 0.717) is 10.8 Å². The summed E-state index contributed by atoms with van der Waals surface area (Å²) < 4.78 is 13.5. The van der Waals surface area contributed by atoms with E-state index < -0.39 is 11.2 Å². The molecule has 5 nitrogen and oxygen atoms in total. The molecule has 0 amide bonds. The van der Waals surface area contributed by atoms with E-state index in [1.54, 1.807) is 23.1 Å². The Morgan fingerprint density at radius 2 is 2.14 bits per heavy atom. The molecule has 2 aromatic heterocycles. The summed E-state index contributed by atoms with van der Waals surface area (Å²) in [7, 11) is 0. The van der Waals surface area contributed by atoms with Crippen molar-refractivity contribution in [2.75, 3.05) is 6.26 Å². The fourth-order valence-corrected chi connectivity index (χ4v) is 3.53. The Morgan fingerprint density at radius 1 is 1.43 bits per heavy atom. The second kappa shape index (κ2) is 5.77. The number of nitrogens with zero attached hydrogens (tertiary/aromatic N) is 3. The van der Waals surface area contributed by atoms with Gasteiger partial charge in [-0.05, 0) is 24.8 Å². The second-order valence-corrected chi connectivity index (χ2v) is 6.79. The van der Waals surface area contributed by atoms with Crippen molar-refractivity contribution in [1.29, 1.82) is 0 Å². The topological polar surface area (TPSA) is 70.8 Å². The van der Waals surface area contributed by atoms with Gasteiger partial charge in [0.05, 0.1) is 0 Å². The van der Waals surface area contributed by atoms with Crippen molar-refractivity contribution in [3.8, 4) is 0 Å². The van der Waals surface area contributed by atoms with Crippen LogP contribution in [0.4, 0.5) is 0 Å². The highest BCUT2D eigenvalue weighted by Gasteiger charge is 2.23. The van der Waals surface area contributed by atoms with E-state index >= 15 is 0 Å². The molecule has 0 radical (unpaired) electrons. The Kier molecular flexibility index (Phi) is 3.99. The first-order valence-electron chi connectivity index (χ1n) is 7.36. The van der Waals surface area contributed by atoms with E-state index in [9.17, 15) is 9.35 Å². The van der Waals surface area contributed by atoms with Crippen LogP contribution in [0.3, 0.4) is 0 Å². The Balaban J connectivity index is 2.30. The summed E-state index contributed by atoms with van der Waals surface area (Å²) in [6.07, 6.45) is 8.34. The highest BCUT2D eigenvalue weighted by molar-refractivity contribution is 7.90. The average molecular weight is 305 g/mol. The molecule has 2 aromatic rings. The third-order valence-corrected chi connectivity index (χ3v) is 4.89. The van der Waals surface area contributed by atoms with E-state index in [-0.39, 0.29) is 11.6 Å². The molecule has 1 unspecified atom stereocenters. The predicted octanol–water partition coefficient (Wildman–Crippen LogP) is 2.21. The molecule has 1 aliphatic carbocycles. The van der Waals surface area contributed by atoms with Gasteiger partial charge in [0.15, 0.2) is 5.65 Å². The fourth-order valence-electron chi connectivity index (χ4n) is 3.11. The molecule has 6 heteroatoms. The van der Waals surface area contributed by atoms with E-state index in [1.165, 1.54) is 0 Å². The van der Waals surface area contributed by atoms with E-state index in [0.717, 1.165) is 43.1 Å². The summed E-state index contributed by atoms with van der Waals surface area (Å²) >= 11 is -1.25. The number of aromatic nitrogens is 3. The zero-order chi connectivity index (χ0) is 15.0. The van der Waals surface area contributed by atoms with Crippen LogP contribution in [-0.2, 0) is 17.6 Å². The molecule has 0 aliphatic heterocycles. The normalized spacial score (nSPS) is 17.5. The van der Waals surface area contributed by atoms with Gasteiger partial charge < -0.3 is 4.55 Å². The number of fused-ring (bicyclic) bond motifs is 1. The first-order valence-corrected chi connectivity index (χ1v) is 8.92. The molecule has 21 heavy (non-hydrogen) atoms. The zero-order valence-electron chi connectivity index (χ0n) is 12.3. The Hall–Kier alpha value is -1.40. The summed E-state index contributed by atoms with van der Waals surface area (Å²) in [6.45, 7) is 2.01. The minimum atomic E-state index is -1.25. The number of rotatable bonds is 3. The van der Waals surface area contributed by atoms with Gasteiger partial charge >= 0.3 is 5.16 Å². The maximum Gasteiger partial charge on any atom is 0.344 e. The number of hydrogen-bond acceptors (Lipinski definition) is 4. The summed E-state index contributed by atoms with van der Waals surface area (Å²) in [4.78, 5) is 21.1. The smallest absolute Gasteiger partial charge is 0.344 e. The third kappa shape index (κ3) is 2.58. The maximum absolute atomic E-state index is 12.5. The number of hydrogen-bond donors (Lipinski definition) is 0. The van der Waals surface area contributed by atoms with Gasteiger partial charge in [0.1, 0.15) is 6.26 Å². The van der Waals surface area contributed by atoms with Gasteiger partial charge in [-0.25, -0.2) is 0 Å². The number of aryl methyl sites for hydroxylation is 1. The van der Waals surface area contributed by atoms with Crippen molar-refractivity contribution in [2.24, 2.45) is 0 Å². The summed E-state index contributed by atoms with van der Waals surface area (Å²) in [5, 5.41) is 1.19. The zero-order valence-corrected chi connectivity index (χ0v) is 13.2. The van der Waals surface area contributed by atoms with Crippen LogP contribution in [0.1, 0.15) is 44.2 Å². The predicted molar refractivity (Wildman–Crippen MR) is 83.0 cm³/mol. The quantitative estimate of drug-likeness (QED) is 0.644. The van der Waals surface area contributed by atoms with Gasteiger partial charge in [-0.2, -0.15) is 9.97 Å². The standard InChI is InChI=1S/C15H19N3O2S/c1-3-10-8-13(19)18(11-6-4-5-7-11)14-12(10)9-16-15(17-14)21(2)20/h8-9,11H,3-7H2,1-2H3. The van der Waals surface area contributed by atoms with Crippen molar-refractivity contribution in [2.45, 2.75) is 50.2 Å². The summed E-state index contributed by atoms with van der Waals surface area (Å²) in [6, 6.07) is 1.91. The van der Waals surface area contributed by atoms with Crippen LogP contribution in [-0.4, -0.2) is 25.3 Å². The van der Waals surface area contributed by atoms with Gasteiger partial charge in [-0.3, -0.25) is 9.36 Å². The fraction of sp³-hybridized carbons (Fsp3) is 0.533. The van der Waals surface area contributed by atoms with Crippen LogP contribution < -0.4 is 5.56 Å². The Labute approximate surface area is 126 Å². The molecule has 112 valence electrons. The minimum Gasteiger partial charge on any atom is -0.609 e. The first-order chi connectivity index (χ1) is 10.1. The summed E-state index contributed by atoms with van der Waals surface area (Å²) in [5.74, 6) is 0. The highest BCUT2D eigenvalue weighted by atomic mass is 32.2. The van der Waals surface area contributed by atoms with Crippen LogP contribution in [0.5, 0.6) is 0 Å². The number of pyridine rings is 1. The van der Waals surface area contributed by atoms with Crippen LogP contribution in [0.2, 0.25) is 0 Å². The Bertz CT molecular complexity index is 721. The van der Waals surface area contributed by atoms with Crippen molar-refractivity contribution < 1.29 is 4.55 Å². The third-order valence-electron chi connectivity index (χ3n) is 4.18. The molecule has 0 saturated heterocycles. The molecule has 1 aliphatic rings. The lowest BCUT2D eigenvalue weighted by atomic mass is 10.1. The SMILES string of the molecule is CCc1cc(=O)n(C2CCCC2)c2nc([S+](C)[O-])ncc12. The van der Waals surface area contributed by atoms with E-state index in [2.05, 4.69) is 9.97 Å². The molecule has 0 spiro atoms. The van der Waals surface area contributed by atoms with Crippen LogP contribution in [0.15, 0.2) is 22.2 Å². The van der Waals surface area contributed by atoms with Crippen molar-refractivity contribution in [1.82, 2.24) is 14.5 Å².